The highest BCUT2D eigenvalue weighted by Crippen LogP contribution is 2.03. The lowest BCUT2D eigenvalue weighted by molar-refractivity contribution is 0.0947. The number of benzene rings is 1. The van der Waals surface area contributed by atoms with E-state index in [0.717, 1.165) is 19.4 Å². The number of nitrogens with one attached hydrogen (secondary N) is 2. The molecule has 0 bridgehead atoms. The van der Waals surface area contributed by atoms with Gasteiger partial charge in [-0.05, 0) is 37.5 Å². The zero-order valence-corrected chi connectivity index (χ0v) is 12.2. The van der Waals surface area contributed by atoms with Crippen LogP contribution < -0.4 is 10.6 Å². The lowest BCUT2D eigenvalue weighted by atomic mass is 10.1. The summed E-state index contributed by atoms with van der Waals surface area (Å²) in [6.07, 6.45) is 1.85. The first-order chi connectivity index (χ1) is 10.3. The number of anilines is 1. The summed E-state index contributed by atoms with van der Waals surface area (Å²) in [7, 11) is 0. The van der Waals surface area contributed by atoms with Gasteiger partial charge in [0.25, 0.3) is 5.91 Å². The van der Waals surface area contributed by atoms with Crippen LogP contribution in [0.25, 0.3) is 0 Å². The molecule has 0 saturated heterocycles. The molecular weight excluding hydrogens is 264 g/mol. The molecule has 21 heavy (non-hydrogen) atoms. The normalized spacial score (nSPS) is 10.1. The largest absolute Gasteiger partial charge is 0.369 e. The zero-order chi connectivity index (χ0) is 14.9. The van der Waals surface area contributed by atoms with Crippen LogP contribution in [-0.4, -0.2) is 29.2 Å². The highest BCUT2D eigenvalue weighted by atomic mass is 16.1. The first-order valence-electron chi connectivity index (χ1n) is 7.19. The van der Waals surface area contributed by atoms with Gasteiger partial charge in [-0.15, -0.1) is 10.2 Å². The maximum atomic E-state index is 11.9. The van der Waals surface area contributed by atoms with Crippen molar-refractivity contribution >= 4 is 11.7 Å². The second-order valence-corrected chi connectivity index (χ2v) is 4.68. The van der Waals surface area contributed by atoms with Crippen molar-refractivity contribution in [1.82, 2.24) is 15.5 Å². The second kappa shape index (κ2) is 7.99. The number of amides is 1. The minimum Gasteiger partial charge on any atom is -0.369 e. The monoisotopic (exact) mass is 284 g/mol. The molecule has 2 rings (SSSR count). The van der Waals surface area contributed by atoms with Crippen LogP contribution in [0.4, 0.5) is 5.82 Å². The molecule has 0 fully saturated rings. The second-order valence-electron chi connectivity index (χ2n) is 4.68. The zero-order valence-electron chi connectivity index (χ0n) is 12.2. The van der Waals surface area contributed by atoms with E-state index < -0.39 is 0 Å². The Kier molecular flexibility index (Phi) is 5.70. The Bertz CT molecular complexity index is 554. The predicted octanol–water partition coefficient (Wildman–Crippen LogP) is 2.27. The quantitative estimate of drug-likeness (QED) is 0.765. The third-order valence-electron chi connectivity index (χ3n) is 3.03. The molecule has 0 aliphatic carbocycles. The standard InChI is InChI=1S/C16H20N4O/c1-2-17-15-11-10-14(19-20-15)16(21)18-12-6-9-13-7-4-3-5-8-13/h3-5,7-8,10-11H,2,6,9,12H2,1H3,(H,17,20)(H,18,21). The van der Waals surface area contributed by atoms with Crippen molar-refractivity contribution in [3.8, 4) is 0 Å². The Hall–Kier alpha value is -2.43. The SMILES string of the molecule is CCNc1ccc(C(=O)NCCCc2ccccc2)nn1. The molecule has 2 N–H and O–H groups in total. The number of aromatic nitrogens is 2. The molecule has 0 radical (unpaired) electrons. The van der Waals surface area contributed by atoms with E-state index in [1.807, 2.05) is 25.1 Å². The average Bonchev–Trinajstić information content (AvgIpc) is 2.53. The van der Waals surface area contributed by atoms with Gasteiger partial charge in [0, 0.05) is 13.1 Å². The van der Waals surface area contributed by atoms with Gasteiger partial charge in [0.15, 0.2) is 5.69 Å². The van der Waals surface area contributed by atoms with Crippen molar-refractivity contribution in [3.63, 3.8) is 0 Å². The van der Waals surface area contributed by atoms with Crippen LogP contribution in [0.1, 0.15) is 29.4 Å². The maximum Gasteiger partial charge on any atom is 0.271 e. The first-order valence-corrected chi connectivity index (χ1v) is 7.19. The minimum absolute atomic E-state index is 0.182. The molecule has 1 aromatic carbocycles. The molecule has 1 amide bonds. The van der Waals surface area contributed by atoms with E-state index in [4.69, 9.17) is 0 Å². The van der Waals surface area contributed by atoms with Crippen LogP contribution in [0.5, 0.6) is 0 Å². The summed E-state index contributed by atoms with van der Waals surface area (Å²) in [5, 5.41) is 13.8. The van der Waals surface area contributed by atoms with Gasteiger partial charge in [0.1, 0.15) is 5.82 Å². The Labute approximate surface area is 124 Å². The molecule has 0 spiro atoms. The van der Waals surface area contributed by atoms with E-state index in [0.29, 0.717) is 18.1 Å². The Balaban J connectivity index is 1.74. The van der Waals surface area contributed by atoms with Gasteiger partial charge in [-0.2, -0.15) is 0 Å². The third kappa shape index (κ3) is 4.87. The van der Waals surface area contributed by atoms with Gasteiger partial charge >= 0.3 is 0 Å². The lowest BCUT2D eigenvalue weighted by Gasteiger charge is -2.05. The van der Waals surface area contributed by atoms with Crippen LogP contribution in [0, 0.1) is 0 Å². The molecule has 0 unspecified atom stereocenters. The van der Waals surface area contributed by atoms with E-state index in [-0.39, 0.29) is 5.91 Å². The topological polar surface area (TPSA) is 66.9 Å². The molecule has 5 heteroatoms. The molecule has 5 nitrogen and oxygen atoms in total. The van der Waals surface area contributed by atoms with Crippen LogP contribution in [0.2, 0.25) is 0 Å². The Morgan fingerprint density at radius 1 is 1.10 bits per heavy atom. The van der Waals surface area contributed by atoms with Gasteiger partial charge in [-0.25, -0.2) is 0 Å². The number of hydrogen-bond donors (Lipinski definition) is 2. The number of carbonyl (C=O) groups excluding carboxylic acids is 1. The first kappa shape index (κ1) is 15.0. The number of carbonyl (C=O) groups is 1. The fourth-order valence-corrected chi connectivity index (χ4v) is 1.96. The van der Waals surface area contributed by atoms with Crippen molar-refractivity contribution in [1.29, 1.82) is 0 Å². The Morgan fingerprint density at radius 2 is 1.90 bits per heavy atom. The molecule has 2 aromatic rings. The summed E-state index contributed by atoms with van der Waals surface area (Å²) in [6.45, 7) is 3.39. The fourth-order valence-electron chi connectivity index (χ4n) is 1.96. The van der Waals surface area contributed by atoms with E-state index in [2.05, 4.69) is 33.0 Å². The third-order valence-corrected chi connectivity index (χ3v) is 3.03. The highest BCUT2D eigenvalue weighted by molar-refractivity contribution is 5.92. The molecule has 1 heterocycles. The molecule has 1 aromatic heterocycles. The molecule has 0 aliphatic rings. The van der Waals surface area contributed by atoms with Crippen LogP contribution in [-0.2, 0) is 6.42 Å². The summed E-state index contributed by atoms with van der Waals surface area (Å²) in [4.78, 5) is 11.9. The van der Waals surface area contributed by atoms with Crippen LogP contribution in [0.15, 0.2) is 42.5 Å². The van der Waals surface area contributed by atoms with Gasteiger partial charge in [-0.3, -0.25) is 4.79 Å². The molecule has 0 atom stereocenters. The predicted molar refractivity (Wildman–Crippen MR) is 83.3 cm³/mol. The fraction of sp³-hybridized carbons (Fsp3) is 0.312. The number of aryl methyl sites for hydroxylation is 1. The molecular formula is C16H20N4O. The summed E-state index contributed by atoms with van der Waals surface area (Å²) < 4.78 is 0. The molecule has 0 aliphatic heterocycles. The van der Waals surface area contributed by atoms with Crippen molar-refractivity contribution < 1.29 is 4.79 Å². The summed E-state index contributed by atoms with van der Waals surface area (Å²) in [5.41, 5.74) is 1.62. The number of hydrogen-bond acceptors (Lipinski definition) is 4. The number of rotatable bonds is 7. The maximum absolute atomic E-state index is 11.9. The van der Waals surface area contributed by atoms with Gasteiger partial charge in [0.2, 0.25) is 0 Å². The van der Waals surface area contributed by atoms with Gasteiger partial charge in [0.05, 0.1) is 0 Å². The van der Waals surface area contributed by atoms with Crippen molar-refractivity contribution in [2.75, 3.05) is 18.4 Å². The van der Waals surface area contributed by atoms with Crippen molar-refractivity contribution in [3.05, 3.63) is 53.7 Å². The van der Waals surface area contributed by atoms with Gasteiger partial charge in [-0.1, -0.05) is 30.3 Å². The van der Waals surface area contributed by atoms with E-state index in [1.54, 1.807) is 12.1 Å². The number of nitrogens with zero attached hydrogens (tertiary/aromatic N) is 2. The van der Waals surface area contributed by atoms with Crippen molar-refractivity contribution in [2.45, 2.75) is 19.8 Å². The van der Waals surface area contributed by atoms with E-state index in [1.165, 1.54) is 5.56 Å². The van der Waals surface area contributed by atoms with E-state index >= 15 is 0 Å². The average molecular weight is 284 g/mol. The van der Waals surface area contributed by atoms with E-state index in [9.17, 15) is 4.79 Å². The van der Waals surface area contributed by atoms with Crippen molar-refractivity contribution in [2.24, 2.45) is 0 Å². The minimum atomic E-state index is -0.182. The highest BCUT2D eigenvalue weighted by Gasteiger charge is 2.07. The van der Waals surface area contributed by atoms with Crippen LogP contribution >= 0.6 is 0 Å². The molecule has 110 valence electrons. The summed E-state index contributed by atoms with van der Waals surface area (Å²) in [5.74, 6) is 0.497. The summed E-state index contributed by atoms with van der Waals surface area (Å²) in [6, 6.07) is 13.7. The molecule has 0 saturated carbocycles. The smallest absolute Gasteiger partial charge is 0.271 e. The van der Waals surface area contributed by atoms with Gasteiger partial charge < -0.3 is 10.6 Å². The lowest BCUT2D eigenvalue weighted by Crippen LogP contribution is -2.26. The Morgan fingerprint density at radius 3 is 2.57 bits per heavy atom. The summed E-state index contributed by atoms with van der Waals surface area (Å²) >= 11 is 0. The van der Waals surface area contributed by atoms with Crippen LogP contribution in [0.3, 0.4) is 0 Å².